The second kappa shape index (κ2) is 7.41. The number of fused-ring (bicyclic) bond motifs is 1. The number of hydrogen-bond donors (Lipinski definition) is 0. The molecule has 0 atom stereocenters. The van der Waals surface area contributed by atoms with Crippen molar-refractivity contribution in [3.8, 4) is 22.4 Å². The minimum absolute atomic E-state index is 0.231. The predicted octanol–water partition coefficient (Wildman–Crippen LogP) is 7.12. The molecule has 0 bridgehead atoms. The van der Waals surface area contributed by atoms with Gasteiger partial charge in [-0.3, -0.25) is 0 Å². The second-order valence-corrected chi connectivity index (χ2v) is 7.93. The summed E-state index contributed by atoms with van der Waals surface area (Å²) in [5, 5.41) is 14.9. The van der Waals surface area contributed by atoms with Gasteiger partial charge >= 0.3 is 0 Å². The molecule has 28 heavy (non-hydrogen) atoms. The van der Waals surface area contributed by atoms with Crippen LogP contribution in [0.4, 0.5) is 0 Å². The van der Waals surface area contributed by atoms with E-state index < -0.39 is 0 Å². The molecule has 0 aliphatic heterocycles. The van der Waals surface area contributed by atoms with Crippen molar-refractivity contribution >= 4 is 57.3 Å². The van der Waals surface area contributed by atoms with Gasteiger partial charge in [-0.2, -0.15) is 4.73 Å². The summed E-state index contributed by atoms with van der Waals surface area (Å²) < 4.78 is 0.694. The Labute approximate surface area is 181 Å². The lowest BCUT2D eigenvalue weighted by Gasteiger charge is -2.14. The first kappa shape index (κ1) is 19.3. The number of rotatable bonds is 2. The van der Waals surface area contributed by atoms with Crippen LogP contribution in [-0.2, 0) is 0 Å². The quantitative estimate of drug-likeness (QED) is 0.185. The van der Waals surface area contributed by atoms with Crippen molar-refractivity contribution in [2.75, 3.05) is 0 Å². The zero-order valence-corrected chi connectivity index (χ0v) is 17.5. The molecule has 2 aromatic carbocycles. The maximum absolute atomic E-state index is 12.7. The molecule has 0 saturated heterocycles. The third kappa shape index (κ3) is 3.29. The molecule has 4 aromatic rings. The lowest BCUT2D eigenvalue weighted by molar-refractivity contribution is -0.592. The summed E-state index contributed by atoms with van der Waals surface area (Å²) in [7, 11) is 0. The van der Waals surface area contributed by atoms with Gasteiger partial charge in [-0.05, 0) is 42.3 Å². The van der Waals surface area contributed by atoms with E-state index >= 15 is 0 Å². The minimum atomic E-state index is 0.231. The Hall–Kier alpha value is -2.04. The molecule has 4 rings (SSSR count). The van der Waals surface area contributed by atoms with Crippen LogP contribution >= 0.6 is 46.4 Å². The standard InChI is InChI=1S/C21H12Cl4N2O/c1-11-5-6-12(17(24)9-11)14-10-18(25)26-20-13(14)7-8-27(28)21(20)19-15(22)3-2-4-16(19)23/h2-10H,1H3. The van der Waals surface area contributed by atoms with E-state index in [0.717, 1.165) is 16.7 Å². The number of aryl methyl sites for hydroxylation is 1. The third-order valence-corrected chi connectivity index (χ3v) is 5.60. The van der Waals surface area contributed by atoms with Gasteiger partial charge in [-0.1, -0.05) is 64.6 Å². The summed E-state index contributed by atoms with van der Waals surface area (Å²) in [6.07, 6.45) is 1.40. The number of nitrogens with zero attached hydrogens (tertiary/aromatic N) is 2. The van der Waals surface area contributed by atoms with Crippen LogP contribution in [0, 0.1) is 12.1 Å². The van der Waals surface area contributed by atoms with Gasteiger partial charge in [0.2, 0.25) is 0 Å². The highest BCUT2D eigenvalue weighted by atomic mass is 35.5. The molecule has 7 heteroatoms. The fraction of sp³-hybridized carbons (Fsp3) is 0.0476. The summed E-state index contributed by atoms with van der Waals surface area (Å²) in [5.41, 5.74) is 3.64. The zero-order valence-electron chi connectivity index (χ0n) is 14.5. The van der Waals surface area contributed by atoms with Crippen molar-refractivity contribution in [1.82, 2.24) is 4.98 Å². The Morgan fingerprint density at radius 1 is 0.857 bits per heavy atom. The highest BCUT2D eigenvalue weighted by Gasteiger charge is 2.24. The summed E-state index contributed by atoms with van der Waals surface area (Å²) in [6.45, 7) is 1.96. The number of halogens is 4. The molecule has 0 N–H and O–H groups in total. The van der Waals surface area contributed by atoms with E-state index in [1.54, 1.807) is 30.3 Å². The largest absolute Gasteiger partial charge is 0.618 e. The number of benzene rings is 2. The van der Waals surface area contributed by atoms with Crippen molar-refractivity contribution in [3.05, 3.63) is 85.7 Å². The van der Waals surface area contributed by atoms with Gasteiger partial charge in [0.1, 0.15) is 10.7 Å². The molecule has 0 spiro atoms. The summed E-state index contributed by atoms with van der Waals surface area (Å²) in [5.74, 6) is 0. The van der Waals surface area contributed by atoms with Gasteiger partial charge in [0, 0.05) is 22.0 Å². The first-order valence-corrected chi connectivity index (χ1v) is 9.81. The van der Waals surface area contributed by atoms with E-state index in [2.05, 4.69) is 4.98 Å². The van der Waals surface area contributed by atoms with Crippen molar-refractivity contribution in [1.29, 1.82) is 0 Å². The lowest BCUT2D eigenvalue weighted by atomic mass is 9.99. The molecule has 140 valence electrons. The molecule has 2 heterocycles. The Morgan fingerprint density at radius 2 is 1.57 bits per heavy atom. The summed E-state index contributed by atoms with van der Waals surface area (Å²) in [6, 6.07) is 14.2. The fourth-order valence-corrected chi connectivity index (χ4v) is 4.32. The van der Waals surface area contributed by atoms with E-state index in [0.29, 0.717) is 36.3 Å². The molecule has 0 amide bonds. The van der Waals surface area contributed by atoms with Crippen molar-refractivity contribution in [3.63, 3.8) is 0 Å². The van der Waals surface area contributed by atoms with Gasteiger partial charge in [-0.25, -0.2) is 4.98 Å². The molecule has 3 nitrogen and oxygen atoms in total. The molecular formula is C21H12Cl4N2O. The van der Waals surface area contributed by atoms with Crippen LogP contribution in [0.3, 0.4) is 0 Å². The van der Waals surface area contributed by atoms with Crippen molar-refractivity contribution in [2.24, 2.45) is 0 Å². The van der Waals surface area contributed by atoms with E-state index in [4.69, 9.17) is 46.4 Å². The van der Waals surface area contributed by atoms with Crippen LogP contribution in [-0.4, -0.2) is 4.98 Å². The fourth-order valence-electron chi connectivity index (χ4n) is 3.21. The predicted molar refractivity (Wildman–Crippen MR) is 116 cm³/mol. The Kier molecular flexibility index (Phi) is 5.11. The number of pyridine rings is 2. The molecule has 2 aromatic heterocycles. The van der Waals surface area contributed by atoms with Crippen LogP contribution < -0.4 is 4.73 Å². The van der Waals surface area contributed by atoms with E-state index in [1.807, 2.05) is 25.1 Å². The van der Waals surface area contributed by atoms with Crippen molar-refractivity contribution < 1.29 is 4.73 Å². The molecule has 0 radical (unpaired) electrons. The SMILES string of the molecule is Cc1ccc(-c2cc(Cl)nc3c(-c4c(Cl)cccc4Cl)[n+]([O-])ccc23)c(Cl)c1. The first-order valence-electron chi connectivity index (χ1n) is 8.30. The first-order chi connectivity index (χ1) is 13.4. The minimum Gasteiger partial charge on any atom is -0.618 e. The lowest BCUT2D eigenvalue weighted by Crippen LogP contribution is -2.29. The average molecular weight is 450 g/mol. The molecule has 0 saturated carbocycles. The van der Waals surface area contributed by atoms with Crippen LogP contribution in [0.15, 0.2) is 54.7 Å². The second-order valence-electron chi connectivity index (χ2n) is 6.32. The highest BCUT2D eigenvalue weighted by Crippen LogP contribution is 2.40. The Bertz CT molecular complexity index is 1220. The van der Waals surface area contributed by atoms with Crippen LogP contribution in [0.2, 0.25) is 20.2 Å². The number of aromatic nitrogens is 2. The molecular weight excluding hydrogens is 438 g/mol. The van der Waals surface area contributed by atoms with Gasteiger partial charge < -0.3 is 5.21 Å². The highest BCUT2D eigenvalue weighted by molar-refractivity contribution is 6.39. The molecule has 0 fully saturated rings. The normalized spacial score (nSPS) is 11.2. The van der Waals surface area contributed by atoms with Gasteiger partial charge in [0.25, 0.3) is 5.69 Å². The van der Waals surface area contributed by atoms with Gasteiger partial charge in [0.05, 0.1) is 15.6 Å². The van der Waals surface area contributed by atoms with Crippen LogP contribution in [0.1, 0.15) is 5.56 Å². The smallest absolute Gasteiger partial charge is 0.253 e. The molecule has 0 aliphatic rings. The van der Waals surface area contributed by atoms with Crippen LogP contribution in [0.25, 0.3) is 33.3 Å². The maximum atomic E-state index is 12.7. The van der Waals surface area contributed by atoms with Gasteiger partial charge in [0.15, 0.2) is 6.20 Å². The van der Waals surface area contributed by atoms with E-state index in [9.17, 15) is 5.21 Å². The van der Waals surface area contributed by atoms with Crippen LogP contribution in [0.5, 0.6) is 0 Å². The van der Waals surface area contributed by atoms with Gasteiger partial charge in [-0.15, -0.1) is 0 Å². The van der Waals surface area contributed by atoms with E-state index in [-0.39, 0.29) is 10.8 Å². The van der Waals surface area contributed by atoms with E-state index in [1.165, 1.54) is 6.20 Å². The average Bonchev–Trinajstić information content (AvgIpc) is 2.62. The number of hydrogen-bond acceptors (Lipinski definition) is 2. The monoisotopic (exact) mass is 448 g/mol. The molecule has 0 aliphatic carbocycles. The van der Waals surface area contributed by atoms with Crippen molar-refractivity contribution in [2.45, 2.75) is 6.92 Å². The summed E-state index contributed by atoms with van der Waals surface area (Å²) in [4.78, 5) is 4.41. The molecule has 0 unspecified atom stereocenters. The maximum Gasteiger partial charge on any atom is 0.253 e. The Morgan fingerprint density at radius 3 is 2.25 bits per heavy atom. The Balaban J connectivity index is 2.13. The third-order valence-electron chi connectivity index (χ3n) is 4.46. The topological polar surface area (TPSA) is 39.8 Å². The summed E-state index contributed by atoms with van der Waals surface area (Å²) >= 11 is 25.5. The zero-order chi connectivity index (χ0) is 20.0.